The summed E-state index contributed by atoms with van der Waals surface area (Å²) in [6.07, 6.45) is 0.0361. The normalized spacial score (nSPS) is 13.2. The van der Waals surface area contributed by atoms with E-state index in [-0.39, 0.29) is 12.3 Å². The average molecular weight is 284 g/mol. The Morgan fingerprint density at radius 3 is 2.62 bits per heavy atom. The van der Waals surface area contributed by atoms with E-state index in [0.29, 0.717) is 16.9 Å². The van der Waals surface area contributed by atoms with Gasteiger partial charge in [-0.05, 0) is 42.8 Å². The van der Waals surface area contributed by atoms with Crippen molar-refractivity contribution in [2.24, 2.45) is 0 Å². The Kier molecular flexibility index (Phi) is 3.17. The lowest BCUT2D eigenvalue weighted by Gasteiger charge is -2.16. The van der Waals surface area contributed by atoms with E-state index >= 15 is 0 Å². The highest BCUT2D eigenvalue weighted by molar-refractivity contribution is 6.22. The van der Waals surface area contributed by atoms with E-state index in [9.17, 15) is 14.0 Å². The summed E-state index contributed by atoms with van der Waals surface area (Å²) < 4.78 is 13.2. The molecule has 0 unspecified atom stereocenters. The quantitative estimate of drug-likeness (QED) is 0.873. The topological polar surface area (TPSA) is 49.4 Å². The van der Waals surface area contributed by atoms with Crippen molar-refractivity contribution in [1.29, 1.82) is 0 Å². The first kappa shape index (κ1) is 13.3. The molecule has 2 aromatic rings. The molecule has 0 bridgehead atoms. The van der Waals surface area contributed by atoms with Gasteiger partial charge in [-0.15, -0.1) is 0 Å². The zero-order chi connectivity index (χ0) is 15.0. The molecule has 1 heterocycles. The number of aryl methyl sites for hydroxylation is 1. The van der Waals surface area contributed by atoms with Gasteiger partial charge in [0.2, 0.25) is 5.91 Å². The molecule has 3 amide bonds. The molecular weight excluding hydrogens is 271 g/mol. The van der Waals surface area contributed by atoms with Crippen molar-refractivity contribution in [3.63, 3.8) is 0 Å². The van der Waals surface area contributed by atoms with Crippen LogP contribution >= 0.6 is 0 Å². The van der Waals surface area contributed by atoms with E-state index in [1.165, 1.54) is 18.2 Å². The molecule has 0 spiro atoms. The molecule has 0 saturated heterocycles. The van der Waals surface area contributed by atoms with Gasteiger partial charge in [-0.1, -0.05) is 17.7 Å². The molecule has 0 saturated carbocycles. The number of halogens is 1. The number of amides is 3. The highest BCUT2D eigenvalue weighted by Gasteiger charge is 2.32. The number of imide groups is 1. The molecule has 106 valence electrons. The van der Waals surface area contributed by atoms with Crippen molar-refractivity contribution >= 4 is 23.3 Å². The van der Waals surface area contributed by atoms with Crippen LogP contribution in [0.4, 0.5) is 20.6 Å². The standard InChI is InChI=1S/C16H13FN2O2/c1-10-2-5-13(6-3-10)18-16(21)19-14-7-4-12(17)8-11(14)9-15(19)20/h2-8H,9H2,1H3,(H,18,21). The van der Waals surface area contributed by atoms with Crippen molar-refractivity contribution in [3.05, 3.63) is 59.4 Å². The van der Waals surface area contributed by atoms with E-state index < -0.39 is 11.8 Å². The third-order valence-electron chi connectivity index (χ3n) is 3.38. The van der Waals surface area contributed by atoms with Crippen molar-refractivity contribution in [3.8, 4) is 0 Å². The predicted molar refractivity (Wildman–Crippen MR) is 77.8 cm³/mol. The fourth-order valence-electron chi connectivity index (χ4n) is 2.33. The SMILES string of the molecule is Cc1ccc(NC(=O)N2C(=O)Cc3cc(F)ccc32)cc1. The van der Waals surface area contributed by atoms with Crippen LogP contribution in [0.2, 0.25) is 0 Å². The number of urea groups is 1. The molecule has 0 aromatic heterocycles. The van der Waals surface area contributed by atoms with Gasteiger partial charge in [-0.3, -0.25) is 4.79 Å². The number of fused-ring (bicyclic) bond motifs is 1. The fraction of sp³-hybridized carbons (Fsp3) is 0.125. The Morgan fingerprint density at radius 2 is 1.90 bits per heavy atom. The Morgan fingerprint density at radius 1 is 1.19 bits per heavy atom. The molecule has 4 nitrogen and oxygen atoms in total. The summed E-state index contributed by atoms with van der Waals surface area (Å²) in [6.45, 7) is 1.94. The smallest absolute Gasteiger partial charge is 0.307 e. The van der Waals surface area contributed by atoms with Crippen LogP contribution in [0.3, 0.4) is 0 Å². The summed E-state index contributed by atoms with van der Waals surface area (Å²) in [7, 11) is 0. The van der Waals surface area contributed by atoms with Gasteiger partial charge in [0.25, 0.3) is 0 Å². The lowest BCUT2D eigenvalue weighted by atomic mass is 10.1. The highest BCUT2D eigenvalue weighted by atomic mass is 19.1. The van der Waals surface area contributed by atoms with Gasteiger partial charge in [0.15, 0.2) is 0 Å². The van der Waals surface area contributed by atoms with Gasteiger partial charge in [0.05, 0.1) is 12.1 Å². The van der Waals surface area contributed by atoms with E-state index in [1.54, 1.807) is 12.1 Å². The monoisotopic (exact) mass is 284 g/mol. The minimum absolute atomic E-state index is 0.0361. The molecule has 0 aliphatic carbocycles. The zero-order valence-corrected chi connectivity index (χ0v) is 11.4. The van der Waals surface area contributed by atoms with Gasteiger partial charge in [0, 0.05) is 5.69 Å². The number of carbonyl (C=O) groups is 2. The number of hydrogen-bond acceptors (Lipinski definition) is 2. The maximum absolute atomic E-state index is 13.2. The van der Waals surface area contributed by atoms with Crippen molar-refractivity contribution in [2.75, 3.05) is 10.2 Å². The average Bonchev–Trinajstić information content (AvgIpc) is 2.76. The van der Waals surface area contributed by atoms with Crippen molar-refractivity contribution in [2.45, 2.75) is 13.3 Å². The van der Waals surface area contributed by atoms with Crippen molar-refractivity contribution < 1.29 is 14.0 Å². The third kappa shape index (κ3) is 2.50. The van der Waals surface area contributed by atoms with E-state index in [2.05, 4.69) is 5.32 Å². The highest BCUT2D eigenvalue weighted by Crippen LogP contribution is 2.30. The van der Waals surface area contributed by atoms with E-state index in [0.717, 1.165) is 10.5 Å². The van der Waals surface area contributed by atoms with Crippen LogP contribution in [-0.4, -0.2) is 11.9 Å². The maximum Gasteiger partial charge on any atom is 0.333 e. The van der Waals surface area contributed by atoms with Gasteiger partial charge in [0.1, 0.15) is 5.82 Å². The van der Waals surface area contributed by atoms with Gasteiger partial charge >= 0.3 is 6.03 Å². The summed E-state index contributed by atoms with van der Waals surface area (Å²) >= 11 is 0. The molecule has 1 N–H and O–H groups in total. The summed E-state index contributed by atoms with van der Waals surface area (Å²) in [5, 5.41) is 2.67. The Labute approximate surface area is 121 Å². The first-order valence-corrected chi connectivity index (χ1v) is 6.53. The zero-order valence-electron chi connectivity index (χ0n) is 11.4. The second-order valence-corrected chi connectivity index (χ2v) is 4.98. The number of hydrogen-bond donors (Lipinski definition) is 1. The molecule has 0 atom stereocenters. The largest absolute Gasteiger partial charge is 0.333 e. The fourth-order valence-corrected chi connectivity index (χ4v) is 2.33. The summed E-state index contributed by atoms with van der Waals surface area (Å²) in [4.78, 5) is 25.3. The number of carbonyl (C=O) groups excluding carboxylic acids is 2. The molecular formula is C16H13FN2O2. The van der Waals surface area contributed by atoms with Crippen LogP contribution in [0.25, 0.3) is 0 Å². The Bertz CT molecular complexity index is 726. The van der Waals surface area contributed by atoms with Gasteiger partial charge in [-0.25, -0.2) is 14.1 Å². The molecule has 1 aliphatic rings. The molecule has 0 fully saturated rings. The minimum Gasteiger partial charge on any atom is -0.307 e. The Balaban J connectivity index is 1.85. The molecule has 21 heavy (non-hydrogen) atoms. The number of nitrogens with one attached hydrogen (secondary N) is 1. The molecule has 0 radical (unpaired) electrons. The maximum atomic E-state index is 13.2. The van der Waals surface area contributed by atoms with Gasteiger partial charge in [-0.2, -0.15) is 0 Å². The minimum atomic E-state index is -0.533. The molecule has 5 heteroatoms. The van der Waals surface area contributed by atoms with Crippen LogP contribution in [0.15, 0.2) is 42.5 Å². The number of anilines is 2. The number of nitrogens with zero attached hydrogens (tertiary/aromatic N) is 1. The summed E-state index contributed by atoms with van der Waals surface area (Å²) in [5.41, 5.74) is 2.64. The summed E-state index contributed by atoms with van der Waals surface area (Å²) in [5.74, 6) is -0.775. The second kappa shape index (κ2) is 5.01. The first-order chi connectivity index (χ1) is 10.0. The lowest BCUT2D eigenvalue weighted by Crippen LogP contribution is -2.37. The van der Waals surface area contributed by atoms with E-state index in [1.807, 2.05) is 19.1 Å². The van der Waals surface area contributed by atoms with Gasteiger partial charge < -0.3 is 5.32 Å². The number of rotatable bonds is 1. The molecule has 1 aliphatic heterocycles. The third-order valence-corrected chi connectivity index (χ3v) is 3.38. The summed E-state index contributed by atoms with van der Waals surface area (Å²) in [6, 6.07) is 10.7. The van der Waals surface area contributed by atoms with Crippen LogP contribution in [0.5, 0.6) is 0 Å². The van der Waals surface area contributed by atoms with Crippen LogP contribution in [0, 0.1) is 12.7 Å². The predicted octanol–water partition coefficient (Wildman–Crippen LogP) is 3.26. The van der Waals surface area contributed by atoms with Crippen molar-refractivity contribution in [1.82, 2.24) is 0 Å². The van der Waals surface area contributed by atoms with Crippen LogP contribution in [0.1, 0.15) is 11.1 Å². The number of benzene rings is 2. The lowest BCUT2D eigenvalue weighted by molar-refractivity contribution is -0.116. The second-order valence-electron chi connectivity index (χ2n) is 4.98. The first-order valence-electron chi connectivity index (χ1n) is 6.53. The van der Waals surface area contributed by atoms with E-state index in [4.69, 9.17) is 0 Å². The Hall–Kier alpha value is -2.69. The molecule has 2 aromatic carbocycles. The van der Waals surface area contributed by atoms with Crippen LogP contribution < -0.4 is 10.2 Å². The van der Waals surface area contributed by atoms with Crippen LogP contribution in [-0.2, 0) is 11.2 Å². The molecule has 3 rings (SSSR count).